The molecule has 1 saturated carbocycles. The number of ether oxygens (including phenoxy) is 2. The van der Waals surface area contributed by atoms with Gasteiger partial charge in [0.25, 0.3) is 0 Å². The summed E-state index contributed by atoms with van der Waals surface area (Å²) in [6.07, 6.45) is 7.24. The van der Waals surface area contributed by atoms with Gasteiger partial charge in [0.05, 0.1) is 18.3 Å². The number of hydrogen-bond donors (Lipinski definition) is 1. The summed E-state index contributed by atoms with van der Waals surface area (Å²) in [5.74, 6) is 0.964. The van der Waals surface area contributed by atoms with E-state index >= 15 is 0 Å². The molecule has 0 aromatic heterocycles. The van der Waals surface area contributed by atoms with Gasteiger partial charge in [0, 0.05) is 19.5 Å². The van der Waals surface area contributed by atoms with Gasteiger partial charge in [0.2, 0.25) is 0 Å². The average Bonchev–Trinajstić information content (AvgIpc) is 2.48. The number of para-hydroxylation sites is 1. The summed E-state index contributed by atoms with van der Waals surface area (Å²) in [5, 5.41) is 3.63. The summed E-state index contributed by atoms with van der Waals surface area (Å²) in [6, 6.07) is 8.28. The maximum absolute atomic E-state index is 6.69. The quantitative estimate of drug-likeness (QED) is 0.926. The molecule has 1 unspecified atom stereocenters. The van der Waals surface area contributed by atoms with Crippen molar-refractivity contribution in [1.82, 2.24) is 5.32 Å². The summed E-state index contributed by atoms with van der Waals surface area (Å²) in [5.41, 5.74) is 1.15. The Bertz CT molecular complexity index is 476. The lowest BCUT2D eigenvalue weighted by atomic mass is 9.81. The summed E-state index contributed by atoms with van der Waals surface area (Å²) in [7, 11) is 1.74. The van der Waals surface area contributed by atoms with Gasteiger partial charge in [-0.15, -0.1) is 0 Å². The van der Waals surface area contributed by atoms with Crippen LogP contribution in [0, 0.1) is 0 Å². The zero-order valence-electron chi connectivity index (χ0n) is 13.3. The molecule has 1 aromatic carbocycles. The van der Waals surface area contributed by atoms with Crippen molar-refractivity contribution < 1.29 is 9.47 Å². The van der Waals surface area contributed by atoms with Crippen LogP contribution in [0.5, 0.6) is 5.75 Å². The zero-order valence-corrected chi connectivity index (χ0v) is 13.3. The molecule has 1 N–H and O–H groups in total. The van der Waals surface area contributed by atoms with Gasteiger partial charge in [-0.05, 0) is 31.4 Å². The molecule has 3 rings (SSSR count). The molecule has 2 aliphatic rings. The van der Waals surface area contributed by atoms with E-state index in [1.807, 2.05) is 12.1 Å². The second kappa shape index (κ2) is 5.98. The molecule has 0 radical (unpaired) electrons. The molecule has 1 saturated heterocycles. The number of hydrogen-bond acceptors (Lipinski definition) is 3. The van der Waals surface area contributed by atoms with Crippen LogP contribution in [0.1, 0.15) is 44.6 Å². The second-order valence-corrected chi connectivity index (χ2v) is 6.89. The van der Waals surface area contributed by atoms with Crippen LogP contribution >= 0.6 is 0 Å². The Kier molecular flexibility index (Phi) is 4.23. The standard InChI is InChI=1S/C18H27NO2/c1-17(12-15-8-4-5-9-16(15)20-2)13-19-14-18(21-17)10-6-3-7-11-18/h4-5,8-9,19H,3,6-7,10-14H2,1-2H3. The van der Waals surface area contributed by atoms with Crippen LogP contribution < -0.4 is 10.1 Å². The number of benzene rings is 1. The van der Waals surface area contributed by atoms with Crippen LogP contribution in [-0.2, 0) is 11.2 Å². The minimum Gasteiger partial charge on any atom is -0.496 e. The minimum atomic E-state index is -0.149. The predicted octanol–water partition coefficient (Wildman–Crippen LogP) is 3.32. The number of nitrogens with one attached hydrogen (secondary N) is 1. The van der Waals surface area contributed by atoms with Crippen LogP contribution in [-0.4, -0.2) is 31.4 Å². The van der Waals surface area contributed by atoms with E-state index in [-0.39, 0.29) is 11.2 Å². The van der Waals surface area contributed by atoms with Crippen molar-refractivity contribution in [2.75, 3.05) is 20.2 Å². The highest BCUT2D eigenvalue weighted by Gasteiger charge is 2.43. The van der Waals surface area contributed by atoms with Gasteiger partial charge >= 0.3 is 0 Å². The molecule has 1 aromatic rings. The molecule has 2 fully saturated rings. The Morgan fingerprint density at radius 1 is 1.14 bits per heavy atom. The normalized spacial score (nSPS) is 28.5. The first-order chi connectivity index (χ1) is 10.1. The van der Waals surface area contributed by atoms with Crippen molar-refractivity contribution in [2.45, 2.75) is 56.7 Å². The smallest absolute Gasteiger partial charge is 0.122 e. The Hall–Kier alpha value is -1.06. The van der Waals surface area contributed by atoms with Crippen LogP contribution in [0.4, 0.5) is 0 Å². The van der Waals surface area contributed by atoms with Crippen molar-refractivity contribution in [3.8, 4) is 5.75 Å². The van der Waals surface area contributed by atoms with Gasteiger partial charge in [-0.3, -0.25) is 0 Å². The highest BCUT2D eigenvalue weighted by atomic mass is 16.5. The minimum absolute atomic E-state index is 0.0628. The summed E-state index contributed by atoms with van der Waals surface area (Å²) in [4.78, 5) is 0. The van der Waals surface area contributed by atoms with Crippen LogP contribution in [0.15, 0.2) is 24.3 Å². The third-order valence-corrected chi connectivity index (χ3v) is 4.93. The second-order valence-electron chi connectivity index (χ2n) is 6.89. The number of rotatable bonds is 3. The van der Waals surface area contributed by atoms with Crippen molar-refractivity contribution in [3.63, 3.8) is 0 Å². The highest BCUT2D eigenvalue weighted by Crippen LogP contribution is 2.38. The van der Waals surface area contributed by atoms with Gasteiger partial charge in [-0.25, -0.2) is 0 Å². The van der Waals surface area contributed by atoms with E-state index in [0.29, 0.717) is 0 Å². The molecule has 0 amide bonds. The van der Waals surface area contributed by atoms with E-state index < -0.39 is 0 Å². The summed E-state index contributed by atoms with van der Waals surface area (Å²) >= 11 is 0. The molecule has 116 valence electrons. The molecule has 3 nitrogen and oxygen atoms in total. The van der Waals surface area contributed by atoms with E-state index in [1.165, 1.54) is 37.7 Å². The van der Waals surface area contributed by atoms with Crippen molar-refractivity contribution >= 4 is 0 Å². The van der Waals surface area contributed by atoms with Crippen LogP contribution in [0.2, 0.25) is 0 Å². The van der Waals surface area contributed by atoms with E-state index in [4.69, 9.17) is 9.47 Å². The topological polar surface area (TPSA) is 30.5 Å². The molecule has 1 spiro atoms. The third-order valence-electron chi connectivity index (χ3n) is 4.93. The molecule has 0 bridgehead atoms. The van der Waals surface area contributed by atoms with E-state index in [9.17, 15) is 0 Å². The Morgan fingerprint density at radius 2 is 1.90 bits per heavy atom. The number of morpholine rings is 1. The van der Waals surface area contributed by atoms with Gasteiger partial charge in [0.15, 0.2) is 0 Å². The molecule has 1 atom stereocenters. The Morgan fingerprint density at radius 3 is 2.67 bits per heavy atom. The molecular weight excluding hydrogens is 262 g/mol. The molecule has 21 heavy (non-hydrogen) atoms. The van der Waals surface area contributed by atoms with Crippen molar-refractivity contribution in [3.05, 3.63) is 29.8 Å². The first kappa shape index (κ1) is 14.9. The maximum Gasteiger partial charge on any atom is 0.122 e. The fourth-order valence-corrected chi connectivity index (χ4v) is 3.98. The third kappa shape index (κ3) is 3.24. The first-order valence-corrected chi connectivity index (χ1v) is 8.18. The molecule has 3 heteroatoms. The Labute approximate surface area is 128 Å². The average molecular weight is 289 g/mol. The molecule has 1 aliphatic heterocycles. The van der Waals surface area contributed by atoms with E-state index in [0.717, 1.165) is 25.3 Å². The first-order valence-electron chi connectivity index (χ1n) is 8.18. The highest BCUT2D eigenvalue weighted by molar-refractivity contribution is 5.34. The van der Waals surface area contributed by atoms with Gasteiger partial charge in [-0.2, -0.15) is 0 Å². The van der Waals surface area contributed by atoms with Crippen molar-refractivity contribution in [1.29, 1.82) is 0 Å². The van der Waals surface area contributed by atoms with Crippen molar-refractivity contribution in [2.24, 2.45) is 0 Å². The van der Waals surface area contributed by atoms with Gasteiger partial charge in [-0.1, -0.05) is 37.5 Å². The largest absolute Gasteiger partial charge is 0.496 e. The van der Waals surface area contributed by atoms with Gasteiger partial charge in [0.1, 0.15) is 5.75 Å². The lowest BCUT2D eigenvalue weighted by Gasteiger charge is -2.49. The Balaban J connectivity index is 1.76. The zero-order chi connectivity index (χ0) is 14.8. The summed E-state index contributed by atoms with van der Waals surface area (Å²) in [6.45, 7) is 4.16. The van der Waals surface area contributed by atoms with Crippen LogP contribution in [0.25, 0.3) is 0 Å². The maximum atomic E-state index is 6.69. The van der Waals surface area contributed by atoms with Crippen LogP contribution in [0.3, 0.4) is 0 Å². The summed E-state index contributed by atoms with van der Waals surface area (Å²) < 4.78 is 12.2. The number of methoxy groups -OCH3 is 1. The fraction of sp³-hybridized carbons (Fsp3) is 0.667. The monoisotopic (exact) mass is 289 g/mol. The fourth-order valence-electron chi connectivity index (χ4n) is 3.98. The molecular formula is C18H27NO2. The lowest BCUT2D eigenvalue weighted by molar-refractivity contribution is -0.182. The van der Waals surface area contributed by atoms with E-state index in [1.54, 1.807) is 7.11 Å². The van der Waals surface area contributed by atoms with Gasteiger partial charge < -0.3 is 14.8 Å². The lowest BCUT2D eigenvalue weighted by Crippen LogP contribution is -2.60. The SMILES string of the molecule is COc1ccccc1CC1(C)CNCC2(CCCCC2)O1. The molecule has 1 heterocycles. The molecule has 1 aliphatic carbocycles. The predicted molar refractivity (Wildman–Crippen MR) is 84.9 cm³/mol. The van der Waals surface area contributed by atoms with E-state index in [2.05, 4.69) is 24.4 Å².